The molecule has 0 aromatic rings. The molecule has 15 heavy (non-hydrogen) atoms. The van der Waals surface area contributed by atoms with E-state index in [4.69, 9.17) is 0 Å². The summed E-state index contributed by atoms with van der Waals surface area (Å²) in [6, 6.07) is -0.474. The Kier molecular flexibility index (Phi) is 4.51. The molecule has 0 spiro atoms. The molecular formula is C9H20N2O3S. The Bertz CT molecular complexity index is 290. The number of rotatable bonds is 4. The Morgan fingerprint density at radius 3 is 2.40 bits per heavy atom. The molecule has 0 aromatic heterocycles. The SMILES string of the molecule is CC(C)NS(=O)(=O)N[C@@H]1CCCC[C@H]1O. The van der Waals surface area contributed by atoms with Crippen molar-refractivity contribution in [3.63, 3.8) is 0 Å². The summed E-state index contributed by atoms with van der Waals surface area (Å²) in [5, 5.41) is 9.61. The molecule has 0 radical (unpaired) electrons. The van der Waals surface area contributed by atoms with Gasteiger partial charge in [0.1, 0.15) is 0 Å². The summed E-state index contributed by atoms with van der Waals surface area (Å²) in [6.45, 7) is 3.52. The van der Waals surface area contributed by atoms with Crippen LogP contribution >= 0.6 is 0 Å². The summed E-state index contributed by atoms with van der Waals surface area (Å²) >= 11 is 0. The molecule has 0 aromatic carbocycles. The second kappa shape index (κ2) is 5.25. The summed E-state index contributed by atoms with van der Waals surface area (Å²) < 4.78 is 28.0. The van der Waals surface area contributed by atoms with Crippen LogP contribution in [0.25, 0.3) is 0 Å². The van der Waals surface area contributed by atoms with Crippen LogP contribution in [0.1, 0.15) is 39.5 Å². The molecule has 6 heteroatoms. The molecule has 3 N–H and O–H groups in total. The van der Waals surface area contributed by atoms with E-state index in [1.54, 1.807) is 13.8 Å². The van der Waals surface area contributed by atoms with E-state index < -0.39 is 16.3 Å². The minimum absolute atomic E-state index is 0.136. The van der Waals surface area contributed by atoms with Gasteiger partial charge in [-0.05, 0) is 26.7 Å². The Labute approximate surface area is 91.4 Å². The van der Waals surface area contributed by atoms with Gasteiger partial charge < -0.3 is 5.11 Å². The Morgan fingerprint density at radius 1 is 1.27 bits per heavy atom. The first-order valence-corrected chi connectivity index (χ1v) is 6.86. The maximum atomic E-state index is 11.5. The molecule has 1 saturated carbocycles. The van der Waals surface area contributed by atoms with Crippen molar-refractivity contribution in [3.8, 4) is 0 Å². The van der Waals surface area contributed by atoms with E-state index >= 15 is 0 Å². The van der Waals surface area contributed by atoms with E-state index in [0.717, 1.165) is 12.8 Å². The lowest BCUT2D eigenvalue weighted by Crippen LogP contribution is -2.50. The second-order valence-corrected chi connectivity index (χ2v) is 5.83. The molecule has 2 atom stereocenters. The van der Waals surface area contributed by atoms with Crippen molar-refractivity contribution in [3.05, 3.63) is 0 Å². The van der Waals surface area contributed by atoms with Gasteiger partial charge in [0.15, 0.2) is 0 Å². The maximum Gasteiger partial charge on any atom is 0.277 e. The standard InChI is InChI=1S/C9H20N2O3S/c1-7(2)10-15(13,14)11-8-5-3-4-6-9(8)12/h7-12H,3-6H2,1-2H3/t8-,9-/m1/s1. The van der Waals surface area contributed by atoms with Crippen molar-refractivity contribution < 1.29 is 13.5 Å². The second-order valence-electron chi connectivity index (χ2n) is 4.35. The zero-order valence-electron chi connectivity index (χ0n) is 9.23. The van der Waals surface area contributed by atoms with Gasteiger partial charge in [0, 0.05) is 12.1 Å². The molecular weight excluding hydrogens is 216 g/mol. The summed E-state index contributed by atoms with van der Waals surface area (Å²) in [7, 11) is -3.47. The third-order valence-electron chi connectivity index (χ3n) is 2.43. The normalized spacial score (nSPS) is 28.3. The number of hydrogen-bond acceptors (Lipinski definition) is 3. The first-order valence-electron chi connectivity index (χ1n) is 5.38. The van der Waals surface area contributed by atoms with E-state index in [1.807, 2.05) is 0 Å². The average Bonchev–Trinajstić information content (AvgIpc) is 2.06. The van der Waals surface area contributed by atoms with Gasteiger partial charge in [-0.3, -0.25) is 0 Å². The summed E-state index contributed by atoms with van der Waals surface area (Å²) in [4.78, 5) is 0. The lowest BCUT2D eigenvalue weighted by Gasteiger charge is -2.28. The zero-order chi connectivity index (χ0) is 11.5. The minimum Gasteiger partial charge on any atom is -0.391 e. The first-order chi connectivity index (χ1) is 6.91. The van der Waals surface area contributed by atoms with E-state index in [0.29, 0.717) is 12.8 Å². The largest absolute Gasteiger partial charge is 0.391 e. The average molecular weight is 236 g/mol. The lowest BCUT2D eigenvalue weighted by molar-refractivity contribution is 0.101. The molecule has 5 nitrogen and oxygen atoms in total. The van der Waals surface area contributed by atoms with Gasteiger partial charge >= 0.3 is 0 Å². The van der Waals surface area contributed by atoms with Gasteiger partial charge in [-0.25, -0.2) is 0 Å². The quantitative estimate of drug-likeness (QED) is 0.649. The molecule has 1 aliphatic carbocycles. The van der Waals surface area contributed by atoms with Crippen LogP contribution in [0.3, 0.4) is 0 Å². The predicted octanol–water partition coefficient (Wildman–Crippen LogP) is 0.122. The molecule has 0 saturated heterocycles. The van der Waals surface area contributed by atoms with Crippen molar-refractivity contribution in [1.29, 1.82) is 0 Å². The minimum atomic E-state index is -3.47. The Hall–Kier alpha value is -0.170. The molecule has 1 aliphatic rings. The third kappa shape index (κ3) is 4.46. The molecule has 0 amide bonds. The molecule has 0 bridgehead atoms. The van der Waals surface area contributed by atoms with E-state index in [9.17, 15) is 13.5 Å². The van der Waals surface area contributed by atoms with E-state index in [2.05, 4.69) is 9.44 Å². The van der Waals surface area contributed by atoms with Crippen molar-refractivity contribution in [1.82, 2.24) is 9.44 Å². The molecule has 0 aliphatic heterocycles. The smallest absolute Gasteiger partial charge is 0.277 e. The van der Waals surface area contributed by atoms with Crippen LogP contribution in [0.5, 0.6) is 0 Å². The molecule has 1 fully saturated rings. The summed E-state index contributed by atoms with van der Waals surface area (Å²) in [5.41, 5.74) is 0. The molecule has 0 unspecified atom stereocenters. The zero-order valence-corrected chi connectivity index (χ0v) is 10.0. The van der Waals surface area contributed by atoms with Gasteiger partial charge in [0.05, 0.1) is 6.10 Å². The van der Waals surface area contributed by atoms with E-state index in [-0.39, 0.29) is 12.1 Å². The fourth-order valence-electron chi connectivity index (χ4n) is 1.79. The Balaban J connectivity index is 2.52. The number of aliphatic hydroxyl groups is 1. The number of hydrogen-bond donors (Lipinski definition) is 3. The highest BCUT2D eigenvalue weighted by molar-refractivity contribution is 7.87. The maximum absolute atomic E-state index is 11.5. The highest BCUT2D eigenvalue weighted by atomic mass is 32.2. The highest BCUT2D eigenvalue weighted by Gasteiger charge is 2.27. The van der Waals surface area contributed by atoms with Crippen LogP contribution in [-0.2, 0) is 10.2 Å². The van der Waals surface area contributed by atoms with Gasteiger partial charge in [-0.1, -0.05) is 12.8 Å². The topological polar surface area (TPSA) is 78.4 Å². The molecule has 90 valence electrons. The van der Waals surface area contributed by atoms with Gasteiger partial charge in [-0.2, -0.15) is 17.9 Å². The third-order valence-corrected chi connectivity index (χ3v) is 3.82. The fourth-order valence-corrected chi connectivity index (χ4v) is 3.15. The van der Waals surface area contributed by atoms with Crippen LogP contribution in [0.2, 0.25) is 0 Å². The molecule has 0 heterocycles. The van der Waals surface area contributed by atoms with Gasteiger partial charge in [0.2, 0.25) is 0 Å². The van der Waals surface area contributed by atoms with Crippen LogP contribution in [-0.4, -0.2) is 31.7 Å². The van der Waals surface area contributed by atoms with Gasteiger partial charge in [-0.15, -0.1) is 0 Å². The predicted molar refractivity (Wildman–Crippen MR) is 58.6 cm³/mol. The Morgan fingerprint density at radius 2 is 1.87 bits per heavy atom. The van der Waals surface area contributed by atoms with E-state index in [1.165, 1.54) is 0 Å². The van der Waals surface area contributed by atoms with Crippen LogP contribution in [0, 0.1) is 0 Å². The monoisotopic (exact) mass is 236 g/mol. The van der Waals surface area contributed by atoms with Crippen molar-refractivity contribution in [2.45, 2.75) is 57.7 Å². The first kappa shape index (κ1) is 12.9. The van der Waals surface area contributed by atoms with Crippen LogP contribution in [0.4, 0.5) is 0 Å². The fraction of sp³-hybridized carbons (Fsp3) is 1.00. The molecule has 1 rings (SSSR count). The van der Waals surface area contributed by atoms with Crippen LogP contribution in [0.15, 0.2) is 0 Å². The summed E-state index contributed by atoms with van der Waals surface area (Å²) in [5.74, 6) is 0. The highest BCUT2D eigenvalue weighted by Crippen LogP contribution is 2.18. The summed E-state index contributed by atoms with van der Waals surface area (Å²) in [6.07, 6.45) is 2.76. The van der Waals surface area contributed by atoms with Gasteiger partial charge in [0.25, 0.3) is 10.2 Å². The van der Waals surface area contributed by atoms with Crippen molar-refractivity contribution >= 4 is 10.2 Å². The number of aliphatic hydroxyl groups excluding tert-OH is 1. The van der Waals surface area contributed by atoms with Crippen molar-refractivity contribution in [2.75, 3.05) is 0 Å². The number of nitrogens with one attached hydrogen (secondary N) is 2. The lowest BCUT2D eigenvalue weighted by atomic mass is 9.93. The van der Waals surface area contributed by atoms with Crippen molar-refractivity contribution in [2.24, 2.45) is 0 Å². The van der Waals surface area contributed by atoms with Crippen LogP contribution < -0.4 is 9.44 Å².